The summed E-state index contributed by atoms with van der Waals surface area (Å²) in [5.41, 5.74) is 2.94. The van der Waals surface area contributed by atoms with E-state index in [4.69, 9.17) is 0 Å². The van der Waals surface area contributed by atoms with Crippen LogP contribution in [0.25, 0.3) is 0 Å². The molecule has 0 saturated heterocycles. The number of nitrogens with zero attached hydrogens (tertiary/aromatic N) is 3. The van der Waals surface area contributed by atoms with Crippen molar-refractivity contribution in [2.24, 2.45) is 0 Å². The lowest BCUT2D eigenvalue weighted by atomic mass is 10.0. The summed E-state index contributed by atoms with van der Waals surface area (Å²) in [5, 5.41) is 18.0. The lowest BCUT2D eigenvalue weighted by Crippen LogP contribution is -2.09. The summed E-state index contributed by atoms with van der Waals surface area (Å²) in [4.78, 5) is 19.6. The fraction of sp³-hybridized carbons (Fsp3) is 0.643. The number of aromatic nitrogens is 2. The normalized spacial score (nSPS) is 10.9. The van der Waals surface area contributed by atoms with Gasteiger partial charge in [-0.05, 0) is 43.5 Å². The van der Waals surface area contributed by atoms with Crippen LogP contribution < -0.4 is 10.6 Å². The first-order valence-electron chi connectivity index (χ1n) is 13.6. The van der Waals surface area contributed by atoms with Crippen molar-refractivity contribution in [3.8, 4) is 0 Å². The van der Waals surface area contributed by atoms with Gasteiger partial charge in [-0.15, -0.1) is 0 Å². The number of nitrogens with one attached hydrogen (secondary N) is 2. The summed E-state index contributed by atoms with van der Waals surface area (Å²) in [6.07, 6.45) is 19.7. The van der Waals surface area contributed by atoms with Gasteiger partial charge in [0.25, 0.3) is 0 Å². The lowest BCUT2D eigenvalue weighted by molar-refractivity contribution is -0.383. The van der Waals surface area contributed by atoms with Crippen LogP contribution in [0.15, 0.2) is 24.5 Å². The Morgan fingerprint density at radius 1 is 0.771 bits per heavy atom. The van der Waals surface area contributed by atoms with E-state index in [1.807, 2.05) is 32.0 Å². The Morgan fingerprint density at radius 2 is 1.31 bits per heavy atom. The molecule has 1 aromatic carbocycles. The van der Waals surface area contributed by atoms with Gasteiger partial charge in [-0.1, -0.05) is 96.5 Å². The molecule has 0 aliphatic heterocycles. The van der Waals surface area contributed by atoms with E-state index in [0.29, 0.717) is 6.54 Å². The number of unbranched alkanes of at least 4 members (excludes halogenated alkanes) is 13. The standard InChI is InChI=1S/C28H45N5O2/c1-4-5-6-7-8-9-10-11-12-13-14-15-16-17-20-29-27-26(33(34)35)28(31-22-30-27)32-25-19-18-23(2)24(3)21-25/h18-19,21-22H,4-17,20H2,1-3H3,(H2,29,30,31,32). The zero-order valence-electron chi connectivity index (χ0n) is 22.1. The number of rotatable bonds is 19. The van der Waals surface area contributed by atoms with Gasteiger partial charge in [0.15, 0.2) is 0 Å². The summed E-state index contributed by atoms with van der Waals surface area (Å²) in [5.74, 6) is 0.475. The van der Waals surface area contributed by atoms with Crippen LogP contribution in [-0.2, 0) is 0 Å². The Labute approximate surface area is 211 Å². The lowest BCUT2D eigenvalue weighted by Gasteiger charge is -2.11. The van der Waals surface area contributed by atoms with E-state index in [1.165, 1.54) is 88.9 Å². The van der Waals surface area contributed by atoms with E-state index < -0.39 is 4.92 Å². The monoisotopic (exact) mass is 483 g/mol. The number of benzene rings is 1. The predicted octanol–water partition coefficient (Wildman–Crippen LogP) is 8.64. The van der Waals surface area contributed by atoms with Gasteiger partial charge >= 0.3 is 5.69 Å². The molecule has 0 aliphatic carbocycles. The molecule has 0 saturated carbocycles. The van der Waals surface area contributed by atoms with Gasteiger partial charge in [-0.2, -0.15) is 0 Å². The smallest absolute Gasteiger partial charge is 0.353 e. The summed E-state index contributed by atoms with van der Waals surface area (Å²) < 4.78 is 0. The minimum Gasteiger partial charge on any atom is -0.364 e. The average Bonchev–Trinajstić information content (AvgIpc) is 2.83. The molecule has 2 rings (SSSR count). The van der Waals surface area contributed by atoms with Gasteiger partial charge in [0.05, 0.1) is 4.92 Å². The molecule has 194 valence electrons. The molecule has 0 amide bonds. The second-order valence-electron chi connectivity index (χ2n) is 9.62. The molecule has 7 nitrogen and oxygen atoms in total. The molecular weight excluding hydrogens is 438 g/mol. The molecule has 0 bridgehead atoms. The highest BCUT2D eigenvalue weighted by Gasteiger charge is 2.23. The summed E-state index contributed by atoms with van der Waals surface area (Å²) >= 11 is 0. The maximum atomic E-state index is 11.8. The van der Waals surface area contributed by atoms with Gasteiger partial charge in [0.2, 0.25) is 11.6 Å². The molecule has 35 heavy (non-hydrogen) atoms. The molecule has 1 aromatic heterocycles. The first kappa shape index (κ1) is 28.5. The zero-order valence-corrected chi connectivity index (χ0v) is 22.1. The Kier molecular flexibility index (Phi) is 13.7. The van der Waals surface area contributed by atoms with Crippen molar-refractivity contribution in [1.29, 1.82) is 0 Å². The minimum absolute atomic E-state index is 0.115. The SMILES string of the molecule is CCCCCCCCCCCCCCCCNc1ncnc(Nc2ccc(C)c(C)c2)c1[N+](=O)[O-]. The zero-order chi connectivity index (χ0) is 25.3. The average molecular weight is 484 g/mol. The van der Waals surface area contributed by atoms with Crippen LogP contribution >= 0.6 is 0 Å². The van der Waals surface area contributed by atoms with Crippen LogP contribution in [0.3, 0.4) is 0 Å². The second-order valence-corrected chi connectivity index (χ2v) is 9.62. The number of hydrogen-bond donors (Lipinski definition) is 2. The predicted molar refractivity (Wildman–Crippen MR) is 147 cm³/mol. The first-order valence-corrected chi connectivity index (χ1v) is 13.6. The molecule has 0 atom stereocenters. The quantitative estimate of drug-likeness (QED) is 0.118. The number of anilines is 3. The van der Waals surface area contributed by atoms with Crippen molar-refractivity contribution in [2.75, 3.05) is 17.2 Å². The van der Waals surface area contributed by atoms with E-state index in [9.17, 15) is 10.1 Å². The molecule has 0 fully saturated rings. The van der Waals surface area contributed by atoms with E-state index in [1.54, 1.807) is 0 Å². The Morgan fingerprint density at radius 3 is 1.86 bits per heavy atom. The van der Waals surface area contributed by atoms with Crippen LogP contribution in [0.2, 0.25) is 0 Å². The first-order chi connectivity index (χ1) is 17.0. The fourth-order valence-electron chi connectivity index (χ4n) is 4.25. The topological polar surface area (TPSA) is 93.0 Å². The second kappa shape index (κ2) is 16.8. The molecule has 0 unspecified atom stereocenters. The maximum Gasteiger partial charge on any atom is 0.353 e. The maximum absolute atomic E-state index is 11.8. The van der Waals surface area contributed by atoms with E-state index >= 15 is 0 Å². The third-order valence-corrected chi connectivity index (χ3v) is 6.60. The molecule has 0 aliphatic rings. The fourth-order valence-corrected chi connectivity index (χ4v) is 4.25. The van der Waals surface area contributed by atoms with Crippen molar-refractivity contribution >= 4 is 23.0 Å². The van der Waals surface area contributed by atoms with Crippen molar-refractivity contribution in [3.05, 3.63) is 45.8 Å². The van der Waals surface area contributed by atoms with Crippen LogP contribution in [0.4, 0.5) is 23.0 Å². The van der Waals surface area contributed by atoms with Crippen molar-refractivity contribution in [2.45, 2.75) is 111 Å². The van der Waals surface area contributed by atoms with Crippen molar-refractivity contribution < 1.29 is 4.92 Å². The van der Waals surface area contributed by atoms with Crippen molar-refractivity contribution in [1.82, 2.24) is 9.97 Å². The van der Waals surface area contributed by atoms with E-state index in [0.717, 1.165) is 24.1 Å². The highest BCUT2D eigenvalue weighted by molar-refractivity contribution is 5.73. The van der Waals surface area contributed by atoms with E-state index in [2.05, 4.69) is 27.5 Å². The highest BCUT2D eigenvalue weighted by atomic mass is 16.6. The Balaban J connectivity index is 1.64. The van der Waals surface area contributed by atoms with Gasteiger partial charge in [0, 0.05) is 12.2 Å². The van der Waals surface area contributed by atoms with Gasteiger partial charge in [-0.3, -0.25) is 10.1 Å². The summed E-state index contributed by atoms with van der Waals surface area (Å²) in [6.45, 7) is 6.98. The van der Waals surface area contributed by atoms with Gasteiger partial charge in [0.1, 0.15) is 6.33 Å². The Bertz CT molecular complexity index is 888. The van der Waals surface area contributed by atoms with Gasteiger partial charge in [-0.25, -0.2) is 9.97 Å². The largest absolute Gasteiger partial charge is 0.364 e. The van der Waals surface area contributed by atoms with Crippen LogP contribution in [0, 0.1) is 24.0 Å². The molecule has 2 aromatic rings. The summed E-state index contributed by atoms with van der Waals surface area (Å²) in [6, 6.07) is 5.85. The number of nitro groups is 1. The molecule has 7 heteroatoms. The number of hydrogen-bond acceptors (Lipinski definition) is 6. The third-order valence-electron chi connectivity index (χ3n) is 6.60. The summed E-state index contributed by atoms with van der Waals surface area (Å²) in [7, 11) is 0. The van der Waals surface area contributed by atoms with Crippen LogP contribution in [0.1, 0.15) is 108 Å². The molecule has 2 N–H and O–H groups in total. The van der Waals surface area contributed by atoms with Crippen LogP contribution in [-0.4, -0.2) is 21.4 Å². The highest BCUT2D eigenvalue weighted by Crippen LogP contribution is 2.31. The minimum atomic E-state index is -0.420. The van der Waals surface area contributed by atoms with E-state index in [-0.39, 0.29) is 17.3 Å². The molecular formula is C28H45N5O2. The molecule has 0 radical (unpaired) electrons. The molecule has 1 heterocycles. The Hall–Kier alpha value is -2.70. The molecule has 0 spiro atoms. The van der Waals surface area contributed by atoms with Gasteiger partial charge < -0.3 is 10.6 Å². The third kappa shape index (κ3) is 11.1. The van der Waals surface area contributed by atoms with Crippen molar-refractivity contribution in [3.63, 3.8) is 0 Å². The number of aryl methyl sites for hydroxylation is 2. The van der Waals surface area contributed by atoms with Crippen LogP contribution in [0.5, 0.6) is 0 Å².